The molecule has 0 unspecified atom stereocenters. The first-order valence-electron chi connectivity index (χ1n) is 13.0. The van der Waals surface area contributed by atoms with Crippen LogP contribution in [-0.4, -0.2) is 56.9 Å². The van der Waals surface area contributed by atoms with Gasteiger partial charge in [-0.3, -0.25) is 19.3 Å². The number of carboxylic acids is 1. The van der Waals surface area contributed by atoms with Gasteiger partial charge < -0.3 is 20.7 Å². The zero-order valence-electron chi connectivity index (χ0n) is 21.4. The zero-order valence-corrected chi connectivity index (χ0v) is 21.4. The lowest BCUT2D eigenvalue weighted by Crippen LogP contribution is -2.57. The lowest BCUT2D eigenvalue weighted by atomic mass is 9.97. The molecule has 2 aliphatic rings. The number of rotatable bonds is 8. The molecule has 5 rings (SSSR count). The number of nitrogens with one attached hydrogen (secondary N) is 3. The second-order valence-corrected chi connectivity index (χ2v) is 10.1. The van der Waals surface area contributed by atoms with E-state index >= 15 is 0 Å². The van der Waals surface area contributed by atoms with Crippen molar-refractivity contribution in [2.24, 2.45) is 5.92 Å². The van der Waals surface area contributed by atoms with Crippen molar-refractivity contribution >= 4 is 40.4 Å². The van der Waals surface area contributed by atoms with E-state index in [0.29, 0.717) is 30.8 Å². The predicted octanol–water partition coefficient (Wildman–Crippen LogP) is 2.11. The third-order valence-corrected chi connectivity index (χ3v) is 7.59. The molecule has 4 N–H and O–H groups in total. The summed E-state index contributed by atoms with van der Waals surface area (Å²) >= 11 is 0. The molecule has 3 aromatic rings. The molecule has 4 atom stereocenters. The lowest BCUT2D eigenvalue weighted by Gasteiger charge is -2.29. The monoisotopic (exact) mass is 517 g/mol. The number of anilines is 1. The van der Waals surface area contributed by atoms with Crippen LogP contribution in [0.2, 0.25) is 0 Å². The first kappa shape index (κ1) is 25.4. The molecule has 38 heavy (non-hydrogen) atoms. The molecule has 1 aromatic heterocycles. The van der Waals surface area contributed by atoms with E-state index in [-0.39, 0.29) is 24.7 Å². The van der Waals surface area contributed by atoms with Crippen LogP contribution in [0.3, 0.4) is 0 Å². The second kappa shape index (κ2) is 10.3. The highest BCUT2D eigenvalue weighted by molar-refractivity contribution is 6.07. The van der Waals surface area contributed by atoms with E-state index in [1.54, 1.807) is 0 Å². The molecular weight excluding hydrogens is 486 g/mol. The van der Waals surface area contributed by atoms with Crippen LogP contribution in [0, 0.1) is 5.92 Å². The number of aromatic nitrogens is 2. The van der Waals surface area contributed by atoms with Crippen molar-refractivity contribution in [3.05, 3.63) is 59.4 Å². The molecule has 10 nitrogen and oxygen atoms in total. The highest BCUT2D eigenvalue weighted by Gasteiger charge is 2.44. The summed E-state index contributed by atoms with van der Waals surface area (Å²) < 4.78 is 0. The number of aryl methyl sites for hydroxylation is 1. The summed E-state index contributed by atoms with van der Waals surface area (Å²) in [5, 5.41) is 15.5. The molecule has 2 aliphatic heterocycles. The summed E-state index contributed by atoms with van der Waals surface area (Å²) in [4.78, 5) is 60.8. The zero-order chi connectivity index (χ0) is 27.0. The van der Waals surface area contributed by atoms with Crippen LogP contribution >= 0.6 is 0 Å². The molecule has 0 spiro atoms. The Hall–Kier alpha value is -4.21. The van der Waals surface area contributed by atoms with Gasteiger partial charge in [-0.05, 0) is 42.0 Å². The third kappa shape index (κ3) is 4.73. The molecule has 0 fully saturated rings. The normalized spacial score (nSPS) is 19.9. The Labute approximate surface area is 219 Å². The number of hydrogen-bond donors (Lipinski definition) is 4. The fourth-order valence-corrected chi connectivity index (χ4v) is 5.39. The number of benzene rings is 2. The van der Waals surface area contributed by atoms with Gasteiger partial charge in [0, 0.05) is 6.42 Å². The highest BCUT2D eigenvalue weighted by atomic mass is 16.4. The minimum atomic E-state index is -1.08. The Morgan fingerprint density at radius 1 is 1.16 bits per heavy atom. The lowest BCUT2D eigenvalue weighted by molar-refractivity contribution is -0.140. The van der Waals surface area contributed by atoms with Crippen LogP contribution in [0.4, 0.5) is 5.69 Å². The fourth-order valence-electron chi connectivity index (χ4n) is 5.39. The number of H-pyrrole nitrogens is 1. The third-order valence-electron chi connectivity index (χ3n) is 7.59. The summed E-state index contributed by atoms with van der Waals surface area (Å²) in [6.45, 7) is 3.79. The number of carbonyl (C=O) groups is 4. The van der Waals surface area contributed by atoms with Crippen LogP contribution in [0.1, 0.15) is 43.6 Å². The van der Waals surface area contributed by atoms with Gasteiger partial charge in [-0.25, -0.2) is 9.78 Å². The molecule has 2 aromatic carbocycles. The van der Waals surface area contributed by atoms with E-state index in [4.69, 9.17) is 0 Å². The smallest absolute Gasteiger partial charge is 0.327 e. The second-order valence-electron chi connectivity index (χ2n) is 10.1. The fraction of sp³-hybridized carbons (Fsp3) is 0.393. The van der Waals surface area contributed by atoms with E-state index in [1.807, 2.05) is 56.3 Å². The maximum atomic E-state index is 13.6. The van der Waals surface area contributed by atoms with E-state index in [0.717, 1.165) is 22.2 Å². The minimum absolute atomic E-state index is 0.0244. The van der Waals surface area contributed by atoms with Gasteiger partial charge in [0.05, 0.1) is 23.1 Å². The minimum Gasteiger partial charge on any atom is -0.480 e. The Bertz CT molecular complexity index is 1380. The Morgan fingerprint density at radius 3 is 2.66 bits per heavy atom. The Morgan fingerprint density at radius 2 is 1.92 bits per heavy atom. The van der Waals surface area contributed by atoms with E-state index in [9.17, 15) is 24.3 Å². The van der Waals surface area contributed by atoms with Crippen molar-refractivity contribution in [3.63, 3.8) is 0 Å². The molecular formula is C28H31N5O5. The van der Waals surface area contributed by atoms with Crippen LogP contribution in [0.15, 0.2) is 42.5 Å². The van der Waals surface area contributed by atoms with Crippen molar-refractivity contribution < 1.29 is 24.3 Å². The number of fused-ring (bicyclic) bond motifs is 1. The Kier molecular flexibility index (Phi) is 6.88. The average molecular weight is 518 g/mol. The van der Waals surface area contributed by atoms with Crippen molar-refractivity contribution in [1.82, 2.24) is 20.6 Å². The van der Waals surface area contributed by atoms with Crippen LogP contribution in [0.5, 0.6) is 0 Å². The highest BCUT2D eigenvalue weighted by Crippen LogP contribution is 2.39. The van der Waals surface area contributed by atoms with Crippen molar-refractivity contribution in [2.45, 2.75) is 64.1 Å². The maximum Gasteiger partial charge on any atom is 0.327 e. The van der Waals surface area contributed by atoms with Gasteiger partial charge in [0.25, 0.3) is 0 Å². The predicted molar refractivity (Wildman–Crippen MR) is 140 cm³/mol. The average Bonchev–Trinajstić information content (AvgIpc) is 3.46. The Balaban J connectivity index is 1.31. The molecule has 198 valence electrons. The van der Waals surface area contributed by atoms with Gasteiger partial charge in [-0.15, -0.1) is 0 Å². The van der Waals surface area contributed by atoms with E-state index in [1.165, 1.54) is 4.90 Å². The molecule has 0 saturated carbocycles. The van der Waals surface area contributed by atoms with Crippen molar-refractivity contribution in [3.8, 4) is 0 Å². The number of amides is 3. The van der Waals surface area contributed by atoms with Crippen LogP contribution < -0.4 is 15.5 Å². The summed E-state index contributed by atoms with van der Waals surface area (Å²) in [5.41, 5.74) is 3.95. The number of carbonyl (C=O) groups excluding carboxylic acids is 3. The molecule has 3 amide bonds. The summed E-state index contributed by atoms with van der Waals surface area (Å²) in [6.07, 6.45) is 1.70. The first-order valence-corrected chi connectivity index (χ1v) is 13.0. The number of carboxylic acid groups (broad SMARTS) is 1. The quantitative estimate of drug-likeness (QED) is 0.360. The topological polar surface area (TPSA) is 144 Å². The summed E-state index contributed by atoms with van der Waals surface area (Å²) in [5.74, 6) is -2.05. The maximum absolute atomic E-state index is 13.6. The van der Waals surface area contributed by atoms with Gasteiger partial charge in [-0.1, -0.05) is 50.6 Å². The number of imidazole rings is 1. The number of aliphatic carboxylic acids is 1. The molecule has 0 saturated heterocycles. The number of hydrogen-bond acceptors (Lipinski definition) is 5. The summed E-state index contributed by atoms with van der Waals surface area (Å²) in [6, 6.07) is 10.3. The SMILES string of the molecule is CC[C@H](C)[C@H](NC(=O)Cc1nc2ccccc2[nH]1)C(=O)N[C@H]1CCc2cccc3c2N(C1=O)[C@H](C(=O)O)C3. The van der Waals surface area contributed by atoms with Crippen molar-refractivity contribution in [1.29, 1.82) is 0 Å². The largest absolute Gasteiger partial charge is 0.480 e. The van der Waals surface area contributed by atoms with Gasteiger partial charge >= 0.3 is 5.97 Å². The van der Waals surface area contributed by atoms with Crippen LogP contribution in [-0.2, 0) is 38.4 Å². The number of aromatic amines is 1. The number of para-hydroxylation sites is 3. The van der Waals surface area contributed by atoms with Gasteiger partial charge in [0.1, 0.15) is 23.9 Å². The molecule has 0 radical (unpaired) electrons. The molecule has 3 heterocycles. The standard InChI is InChI=1S/C28H31N5O5/c1-3-15(2)24(32-23(34)14-22-29-18-9-4-5-10-19(18)30-22)26(35)31-20-12-11-16-7-6-8-17-13-21(28(37)38)33(25(16)17)27(20)36/h4-10,15,20-21,24H,3,11-14H2,1-2H3,(H,29,30)(H,31,35)(H,32,34)(H,37,38)/t15-,20-,21-,24-/m0/s1. The van der Waals surface area contributed by atoms with E-state index < -0.39 is 35.9 Å². The summed E-state index contributed by atoms with van der Waals surface area (Å²) in [7, 11) is 0. The van der Waals surface area contributed by atoms with E-state index in [2.05, 4.69) is 20.6 Å². The first-order chi connectivity index (χ1) is 18.3. The van der Waals surface area contributed by atoms with Gasteiger partial charge in [0.15, 0.2) is 0 Å². The van der Waals surface area contributed by atoms with Gasteiger partial charge in [-0.2, -0.15) is 0 Å². The number of nitrogens with zero attached hydrogens (tertiary/aromatic N) is 2. The molecule has 0 aliphatic carbocycles. The van der Waals surface area contributed by atoms with Crippen LogP contribution in [0.25, 0.3) is 11.0 Å². The van der Waals surface area contributed by atoms with Crippen molar-refractivity contribution in [2.75, 3.05) is 4.90 Å². The molecule has 10 heteroatoms. The van der Waals surface area contributed by atoms with Gasteiger partial charge in [0.2, 0.25) is 17.7 Å². The molecule has 0 bridgehead atoms.